The molecule has 0 spiro atoms. The minimum atomic E-state index is -0.160. The van der Waals surface area contributed by atoms with Crippen molar-refractivity contribution in [2.75, 3.05) is 11.9 Å². The Morgan fingerprint density at radius 1 is 1.14 bits per heavy atom. The van der Waals surface area contributed by atoms with E-state index >= 15 is 0 Å². The fraction of sp³-hybridized carbons (Fsp3) is 0.278. The van der Waals surface area contributed by atoms with Crippen LogP contribution in [-0.4, -0.2) is 12.5 Å². The van der Waals surface area contributed by atoms with E-state index < -0.39 is 0 Å². The molecule has 2 rings (SSSR count). The highest BCUT2D eigenvalue weighted by atomic mass is 16.5. The molecule has 0 unspecified atom stereocenters. The van der Waals surface area contributed by atoms with Gasteiger partial charge in [-0.25, -0.2) is 0 Å². The van der Waals surface area contributed by atoms with Crippen molar-refractivity contribution in [3.05, 3.63) is 59.7 Å². The van der Waals surface area contributed by atoms with E-state index in [-0.39, 0.29) is 12.5 Å². The summed E-state index contributed by atoms with van der Waals surface area (Å²) in [6.07, 6.45) is 0. The Labute approximate surface area is 126 Å². The van der Waals surface area contributed by atoms with E-state index in [0.717, 1.165) is 11.4 Å². The van der Waals surface area contributed by atoms with Crippen LogP contribution in [-0.2, 0) is 4.79 Å². The first-order valence-electron chi connectivity index (χ1n) is 7.14. The molecule has 0 radical (unpaired) electrons. The van der Waals surface area contributed by atoms with Crippen molar-refractivity contribution >= 4 is 11.6 Å². The molecular weight excluding hydrogens is 262 g/mol. The second-order valence-corrected chi connectivity index (χ2v) is 5.38. The number of rotatable bonds is 5. The number of aryl methyl sites for hydroxylation is 1. The average molecular weight is 283 g/mol. The molecule has 1 N–H and O–H groups in total. The zero-order valence-electron chi connectivity index (χ0n) is 12.7. The quantitative estimate of drug-likeness (QED) is 0.895. The number of ether oxygens (including phenoxy) is 1. The number of nitrogens with one attached hydrogen (secondary N) is 1. The highest BCUT2D eigenvalue weighted by Gasteiger charge is 2.07. The van der Waals surface area contributed by atoms with Crippen LogP contribution in [0.4, 0.5) is 5.69 Å². The SMILES string of the molecule is Cc1cc(OCC(=O)Nc2ccccc2)ccc1C(C)C. The van der Waals surface area contributed by atoms with Crippen molar-refractivity contribution in [2.45, 2.75) is 26.7 Å². The number of hydrogen-bond donors (Lipinski definition) is 1. The Morgan fingerprint density at radius 3 is 2.48 bits per heavy atom. The van der Waals surface area contributed by atoms with E-state index in [0.29, 0.717) is 5.92 Å². The Bertz CT molecular complexity index is 606. The summed E-state index contributed by atoms with van der Waals surface area (Å²) >= 11 is 0. The fourth-order valence-corrected chi connectivity index (χ4v) is 2.25. The molecular formula is C18H21NO2. The number of hydrogen-bond acceptors (Lipinski definition) is 2. The lowest BCUT2D eigenvalue weighted by molar-refractivity contribution is -0.118. The van der Waals surface area contributed by atoms with Crippen LogP contribution in [0.2, 0.25) is 0 Å². The summed E-state index contributed by atoms with van der Waals surface area (Å²) in [5.41, 5.74) is 3.26. The van der Waals surface area contributed by atoms with Gasteiger partial charge in [-0.3, -0.25) is 4.79 Å². The lowest BCUT2D eigenvalue weighted by atomic mass is 9.98. The van der Waals surface area contributed by atoms with Gasteiger partial charge in [0.05, 0.1) is 0 Å². The Hall–Kier alpha value is -2.29. The third kappa shape index (κ3) is 4.35. The topological polar surface area (TPSA) is 38.3 Å². The first kappa shape index (κ1) is 15.1. The van der Waals surface area contributed by atoms with Crippen LogP contribution >= 0.6 is 0 Å². The zero-order chi connectivity index (χ0) is 15.2. The van der Waals surface area contributed by atoms with Crippen molar-refractivity contribution < 1.29 is 9.53 Å². The largest absolute Gasteiger partial charge is 0.484 e. The van der Waals surface area contributed by atoms with Crippen molar-refractivity contribution in [1.82, 2.24) is 0 Å². The molecule has 0 aromatic heterocycles. The summed E-state index contributed by atoms with van der Waals surface area (Å²) in [4.78, 5) is 11.8. The first-order valence-corrected chi connectivity index (χ1v) is 7.14. The maximum atomic E-state index is 11.8. The van der Waals surface area contributed by atoms with Crippen molar-refractivity contribution in [3.63, 3.8) is 0 Å². The summed E-state index contributed by atoms with van der Waals surface area (Å²) in [5, 5.41) is 2.79. The van der Waals surface area contributed by atoms with E-state index in [2.05, 4.69) is 32.2 Å². The molecule has 0 bridgehead atoms. The van der Waals surface area contributed by atoms with E-state index in [1.165, 1.54) is 11.1 Å². The van der Waals surface area contributed by atoms with E-state index in [9.17, 15) is 4.79 Å². The number of carbonyl (C=O) groups is 1. The molecule has 2 aromatic carbocycles. The van der Waals surface area contributed by atoms with Crippen LogP contribution < -0.4 is 10.1 Å². The molecule has 0 heterocycles. The second-order valence-electron chi connectivity index (χ2n) is 5.38. The highest BCUT2D eigenvalue weighted by Crippen LogP contribution is 2.23. The van der Waals surface area contributed by atoms with Gasteiger partial charge in [-0.1, -0.05) is 38.1 Å². The summed E-state index contributed by atoms with van der Waals surface area (Å²) < 4.78 is 5.54. The number of benzene rings is 2. The van der Waals surface area contributed by atoms with Gasteiger partial charge in [0, 0.05) is 5.69 Å². The summed E-state index contributed by atoms with van der Waals surface area (Å²) in [7, 11) is 0. The van der Waals surface area contributed by atoms with Gasteiger partial charge < -0.3 is 10.1 Å². The van der Waals surface area contributed by atoms with Gasteiger partial charge in [-0.2, -0.15) is 0 Å². The third-order valence-corrected chi connectivity index (χ3v) is 3.29. The predicted molar refractivity (Wildman–Crippen MR) is 85.8 cm³/mol. The molecule has 0 aliphatic heterocycles. The standard InChI is InChI=1S/C18H21NO2/c1-13(2)17-10-9-16(11-14(17)3)21-12-18(20)19-15-7-5-4-6-8-15/h4-11,13H,12H2,1-3H3,(H,19,20). The van der Waals surface area contributed by atoms with Crippen LogP contribution in [0.25, 0.3) is 0 Å². The molecule has 1 amide bonds. The third-order valence-electron chi connectivity index (χ3n) is 3.29. The number of carbonyl (C=O) groups excluding carboxylic acids is 1. The van der Waals surface area contributed by atoms with E-state index in [1.54, 1.807) is 0 Å². The predicted octanol–water partition coefficient (Wildman–Crippen LogP) is 4.14. The maximum absolute atomic E-state index is 11.8. The fourth-order valence-electron chi connectivity index (χ4n) is 2.25. The average Bonchev–Trinajstić information content (AvgIpc) is 2.46. The minimum absolute atomic E-state index is 0.00929. The highest BCUT2D eigenvalue weighted by molar-refractivity contribution is 5.91. The van der Waals surface area contributed by atoms with E-state index in [1.807, 2.05) is 42.5 Å². The lowest BCUT2D eigenvalue weighted by Gasteiger charge is -2.12. The van der Waals surface area contributed by atoms with Gasteiger partial charge >= 0.3 is 0 Å². The molecule has 110 valence electrons. The number of para-hydroxylation sites is 1. The molecule has 0 aliphatic rings. The van der Waals surface area contributed by atoms with Crippen molar-refractivity contribution in [2.24, 2.45) is 0 Å². The maximum Gasteiger partial charge on any atom is 0.262 e. The van der Waals surface area contributed by atoms with Crippen LogP contribution in [0.5, 0.6) is 5.75 Å². The van der Waals surface area contributed by atoms with Crippen LogP contribution in [0, 0.1) is 6.92 Å². The molecule has 2 aromatic rings. The van der Waals surface area contributed by atoms with Gasteiger partial charge in [0.2, 0.25) is 0 Å². The van der Waals surface area contributed by atoms with Crippen LogP contribution in [0.3, 0.4) is 0 Å². The first-order chi connectivity index (χ1) is 10.1. The molecule has 0 saturated heterocycles. The minimum Gasteiger partial charge on any atom is -0.484 e. The summed E-state index contributed by atoms with van der Waals surface area (Å²) in [6, 6.07) is 15.3. The summed E-state index contributed by atoms with van der Waals surface area (Å²) in [6.45, 7) is 6.40. The molecule has 3 heteroatoms. The number of anilines is 1. The monoisotopic (exact) mass is 283 g/mol. The van der Waals surface area contributed by atoms with Crippen molar-refractivity contribution in [1.29, 1.82) is 0 Å². The molecule has 0 atom stereocenters. The van der Waals surface area contributed by atoms with Gasteiger partial charge in [0.1, 0.15) is 5.75 Å². The van der Waals surface area contributed by atoms with Crippen molar-refractivity contribution in [3.8, 4) is 5.75 Å². The smallest absolute Gasteiger partial charge is 0.262 e. The van der Waals surface area contributed by atoms with E-state index in [4.69, 9.17) is 4.74 Å². The molecule has 0 saturated carbocycles. The molecule has 0 aliphatic carbocycles. The van der Waals surface area contributed by atoms with Crippen LogP contribution in [0.15, 0.2) is 48.5 Å². The molecule has 0 fully saturated rings. The van der Waals surface area contributed by atoms with Gasteiger partial charge in [0.25, 0.3) is 5.91 Å². The molecule has 3 nitrogen and oxygen atoms in total. The molecule has 21 heavy (non-hydrogen) atoms. The van der Waals surface area contributed by atoms with Gasteiger partial charge in [-0.15, -0.1) is 0 Å². The van der Waals surface area contributed by atoms with Gasteiger partial charge in [-0.05, 0) is 48.2 Å². The Balaban J connectivity index is 1.91. The lowest BCUT2D eigenvalue weighted by Crippen LogP contribution is -2.20. The zero-order valence-corrected chi connectivity index (χ0v) is 12.7. The Morgan fingerprint density at radius 2 is 1.86 bits per heavy atom. The normalized spacial score (nSPS) is 10.5. The van der Waals surface area contributed by atoms with Crippen LogP contribution in [0.1, 0.15) is 30.9 Å². The Kier molecular flexibility index (Phi) is 4.99. The second kappa shape index (κ2) is 6.93. The summed E-state index contributed by atoms with van der Waals surface area (Å²) in [5.74, 6) is 1.05. The number of amides is 1. The van der Waals surface area contributed by atoms with Gasteiger partial charge in [0.15, 0.2) is 6.61 Å².